The molecule has 3 aromatic carbocycles. The molecule has 0 aliphatic carbocycles. The van der Waals surface area contributed by atoms with Crippen molar-refractivity contribution in [2.45, 2.75) is 31.6 Å². The van der Waals surface area contributed by atoms with Crippen LogP contribution in [0.25, 0.3) is 0 Å². The Labute approximate surface area is 193 Å². The number of nitrogens with zero attached hydrogens (tertiary/aromatic N) is 1. The minimum atomic E-state index is -0.757. The number of phenolic OH excluding ortho intramolecular Hbond substituents is 1. The van der Waals surface area contributed by atoms with E-state index in [2.05, 4.69) is 11.8 Å². The summed E-state index contributed by atoms with van der Waals surface area (Å²) in [5, 5.41) is 32.4. The summed E-state index contributed by atoms with van der Waals surface area (Å²) in [6.45, 7) is 2.72. The predicted molar refractivity (Wildman–Crippen MR) is 126 cm³/mol. The highest BCUT2D eigenvalue weighted by Crippen LogP contribution is 2.24. The highest BCUT2D eigenvalue weighted by molar-refractivity contribution is 6.30. The van der Waals surface area contributed by atoms with Gasteiger partial charge in [0.25, 0.3) is 0 Å². The molecule has 0 aliphatic rings. The molecule has 0 aliphatic heterocycles. The first kappa shape index (κ1) is 23.6. The average molecular weight is 460 g/mol. The molecule has 0 heterocycles. The second-order valence-electron chi connectivity index (χ2n) is 7.82. The Balaban J connectivity index is 1.78. The first-order chi connectivity index (χ1) is 14.8. The van der Waals surface area contributed by atoms with Crippen LogP contribution in [0.3, 0.4) is 0 Å². The number of phenols is 1. The SMILES string of the molecule is C[C@H](Cc1ccc(O)cc1)N(CC(O)c1cccc(Cl)c1)CC(O)c1cccc(Cl)c1. The van der Waals surface area contributed by atoms with Crippen molar-refractivity contribution in [3.8, 4) is 5.75 Å². The maximum atomic E-state index is 10.9. The summed E-state index contributed by atoms with van der Waals surface area (Å²) < 4.78 is 0. The fraction of sp³-hybridized carbons (Fsp3) is 0.280. The van der Waals surface area contributed by atoms with Crippen LogP contribution in [0.2, 0.25) is 10.0 Å². The van der Waals surface area contributed by atoms with Crippen LogP contribution in [-0.2, 0) is 6.42 Å². The lowest BCUT2D eigenvalue weighted by molar-refractivity contribution is 0.0480. The fourth-order valence-electron chi connectivity index (χ4n) is 3.62. The Morgan fingerprint density at radius 1 is 0.774 bits per heavy atom. The summed E-state index contributed by atoms with van der Waals surface area (Å²) in [4.78, 5) is 2.06. The van der Waals surface area contributed by atoms with Gasteiger partial charge in [0, 0.05) is 29.2 Å². The van der Waals surface area contributed by atoms with Crippen molar-refractivity contribution in [1.82, 2.24) is 4.90 Å². The molecule has 0 aromatic heterocycles. The number of halogens is 2. The summed E-state index contributed by atoms with van der Waals surface area (Å²) in [5.74, 6) is 0.223. The van der Waals surface area contributed by atoms with E-state index in [0.717, 1.165) is 16.7 Å². The molecule has 0 saturated heterocycles. The van der Waals surface area contributed by atoms with E-state index in [4.69, 9.17) is 23.2 Å². The number of aliphatic hydroxyl groups excluding tert-OH is 2. The maximum Gasteiger partial charge on any atom is 0.115 e. The summed E-state index contributed by atoms with van der Waals surface area (Å²) in [6, 6.07) is 21.4. The van der Waals surface area contributed by atoms with Gasteiger partial charge < -0.3 is 15.3 Å². The molecule has 0 spiro atoms. The molecule has 4 nitrogen and oxygen atoms in total. The van der Waals surface area contributed by atoms with E-state index in [1.807, 2.05) is 36.4 Å². The van der Waals surface area contributed by atoms with Crippen molar-refractivity contribution in [2.75, 3.05) is 13.1 Å². The van der Waals surface area contributed by atoms with E-state index in [0.29, 0.717) is 29.6 Å². The van der Waals surface area contributed by atoms with Gasteiger partial charge in [-0.05, 0) is 66.4 Å². The second kappa shape index (κ2) is 11.0. The standard InChI is InChI=1S/C25H27Cl2NO3/c1-17(12-18-8-10-23(29)11-9-18)28(15-24(30)19-4-2-6-21(26)13-19)16-25(31)20-5-3-7-22(27)14-20/h2-11,13-14,17,24-25,29-31H,12,15-16H2,1H3/t17-,24?,25?/m1/s1. The van der Waals surface area contributed by atoms with Gasteiger partial charge in [0.1, 0.15) is 5.75 Å². The smallest absolute Gasteiger partial charge is 0.115 e. The van der Waals surface area contributed by atoms with Crippen molar-refractivity contribution < 1.29 is 15.3 Å². The van der Waals surface area contributed by atoms with E-state index in [-0.39, 0.29) is 11.8 Å². The van der Waals surface area contributed by atoms with Gasteiger partial charge in [-0.25, -0.2) is 0 Å². The topological polar surface area (TPSA) is 63.9 Å². The first-order valence-corrected chi connectivity index (χ1v) is 11.0. The second-order valence-corrected chi connectivity index (χ2v) is 8.69. The minimum absolute atomic E-state index is 0.0206. The van der Waals surface area contributed by atoms with Crippen molar-refractivity contribution in [3.05, 3.63) is 99.5 Å². The number of hydrogen-bond donors (Lipinski definition) is 3. The van der Waals surface area contributed by atoms with Crippen LogP contribution in [0, 0.1) is 0 Å². The molecule has 3 atom stereocenters. The lowest BCUT2D eigenvalue weighted by Crippen LogP contribution is -2.40. The van der Waals surface area contributed by atoms with E-state index < -0.39 is 12.2 Å². The van der Waals surface area contributed by atoms with Crippen LogP contribution in [0.4, 0.5) is 0 Å². The molecule has 3 aromatic rings. The highest BCUT2D eigenvalue weighted by atomic mass is 35.5. The third kappa shape index (κ3) is 6.96. The van der Waals surface area contributed by atoms with E-state index in [1.165, 1.54) is 0 Å². The van der Waals surface area contributed by atoms with Crippen LogP contribution in [-0.4, -0.2) is 39.4 Å². The number of benzene rings is 3. The summed E-state index contributed by atoms with van der Waals surface area (Å²) in [5.41, 5.74) is 2.52. The molecule has 3 N–H and O–H groups in total. The molecule has 0 amide bonds. The van der Waals surface area contributed by atoms with Gasteiger partial charge in [0.15, 0.2) is 0 Å². The predicted octanol–water partition coefficient (Wildman–Crippen LogP) is 5.40. The van der Waals surface area contributed by atoms with Crippen LogP contribution < -0.4 is 0 Å². The van der Waals surface area contributed by atoms with Gasteiger partial charge in [-0.3, -0.25) is 4.90 Å². The highest BCUT2D eigenvalue weighted by Gasteiger charge is 2.23. The lowest BCUT2D eigenvalue weighted by Gasteiger charge is -2.33. The largest absolute Gasteiger partial charge is 0.508 e. The molecule has 0 fully saturated rings. The average Bonchev–Trinajstić information content (AvgIpc) is 2.74. The summed E-state index contributed by atoms with van der Waals surface area (Å²) in [7, 11) is 0. The molecule has 6 heteroatoms. The van der Waals surface area contributed by atoms with Crippen molar-refractivity contribution in [1.29, 1.82) is 0 Å². The maximum absolute atomic E-state index is 10.9. The van der Waals surface area contributed by atoms with Crippen molar-refractivity contribution >= 4 is 23.2 Å². The van der Waals surface area contributed by atoms with Gasteiger partial charge in [-0.1, -0.05) is 59.6 Å². The molecule has 0 radical (unpaired) electrons. The van der Waals surface area contributed by atoms with E-state index >= 15 is 0 Å². The van der Waals surface area contributed by atoms with Gasteiger partial charge in [0.05, 0.1) is 12.2 Å². The molecule has 3 rings (SSSR count). The van der Waals surface area contributed by atoms with Crippen LogP contribution >= 0.6 is 23.2 Å². The van der Waals surface area contributed by atoms with Crippen LogP contribution in [0.15, 0.2) is 72.8 Å². The minimum Gasteiger partial charge on any atom is -0.508 e. The lowest BCUT2D eigenvalue weighted by atomic mass is 10.0. The number of aromatic hydroxyl groups is 1. The Kier molecular flexibility index (Phi) is 8.35. The molecule has 164 valence electrons. The Bertz CT molecular complexity index is 927. The molecule has 0 bridgehead atoms. The van der Waals surface area contributed by atoms with Gasteiger partial charge in [-0.15, -0.1) is 0 Å². The summed E-state index contributed by atoms with van der Waals surface area (Å²) in [6.07, 6.45) is -0.815. The fourth-order valence-corrected chi connectivity index (χ4v) is 4.02. The third-order valence-electron chi connectivity index (χ3n) is 5.37. The normalized spacial score (nSPS) is 14.4. The molecule has 0 saturated carbocycles. The van der Waals surface area contributed by atoms with Crippen molar-refractivity contribution in [2.24, 2.45) is 0 Å². The zero-order chi connectivity index (χ0) is 22.4. The first-order valence-electron chi connectivity index (χ1n) is 10.2. The Morgan fingerprint density at radius 3 is 1.71 bits per heavy atom. The third-order valence-corrected chi connectivity index (χ3v) is 5.84. The quantitative estimate of drug-likeness (QED) is 0.400. The van der Waals surface area contributed by atoms with Crippen LogP contribution in [0.5, 0.6) is 5.75 Å². The monoisotopic (exact) mass is 459 g/mol. The Hall–Kier alpha value is -2.08. The van der Waals surface area contributed by atoms with Gasteiger partial charge in [0.2, 0.25) is 0 Å². The number of hydrogen-bond acceptors (Lipinski definition) is 4. The van der Waals surface area contributed by atoms with Gasteiger partial charge in [-0.2, -0.15) is 0 Å². The van der Waals surface area contributed by atoms with Crippen LogP contribution in [0.1, 0.15) is 35.8 Å². The Morgan fingerprint density at radius 2 is 1.26 bits per heavy atom. The van der Waals surface area contributed by atoms with Crippen molar-refractivity contribution in [3.63, 3.8) is 0 Å². The number of aliphatic hydroxyl groups is 2. The van der Waals surface area contributed by atoms with E-state index in [9.17, 15) is 15.3 Å². The molecular weight excluding hydrogens is 433 g/mol. The number of rotatable bonds is 9. The molecular formula is C25H27Cl2NO3. The summed E-state index contributed by atoms with van der Waals surface area (Å²) >= 11 is 12.2. The molecule has 2 unspecified atom stereocenters. The molecule has 31 heavy (non-hydrogen) atoms. The van der Waals surface area contributed by atoms with E-state index in [1.54, 1.807) is 36.4 Å². The zero-order valence-corrected chi connectivity index (χ0v) is 18.8. The van der Waals surface area contributed by atoms with Gasteiger partial charge >= 0.3 is 0 Å². The zero-order valence-electron chi connectivity index (χ0n) is 17.3.